The Bertz CT molecular complexity index is 401. The van der Waals surface area contributed by atoms with Crippen molar-refractivity contribution in [3.8, 4) is 11.4 Å². The van der Waals surface area contributed by atoms with Crippen LogP contribution < -0.4 is 0 Å². The van der Waals surface area contributed by atoms with Crippen molar-refractivity contribution in [2.75, 3.05) is 0 Å². The summed E-state index contributed by atoms with van der Waals surface area (Å²) < 4.78 is 12.8. The van der Waals surface area contributed by atoms with Crippen molar-refractivity contribution in [1.29, 1.82) is 0 Å². The molecule has 0 aliphatic rings. The van der Waals surface area contributed by atoms with E-state index in [2.05, 4.69) is 9.97 Å². The SMILES string of the molecule is Fc1cccc(-c2ncccn2)c1. The van der Waals surface area contributed by atoms with Crippen LogP contribution in [0.5, 0.6) is 0 Å². The van der Waals surface area contributed by atoms with Gasteiger partial charge in [0, 0.05) is 18.0 Å². The fourth-order valence-corrected chi connectivity index (χ4v) is 1.08. The Labute approximate surface area is 75.1 Å². The van der Waals surface area contributed by atoms with Crippen LogP contribution >= 0.6 is 0 Å². The highest BCUT2D eigenvalue weighted by molar-refractivity contribution is 5.53. The second kappa shape index (κ2) is 3.31. The van der Waals surface area contributed by atoms with Crippen LogP contribution in [-0.2, 0) is 0 Å². The van der Waals surface area contributed by atoms with Gasteiger partial charge < -0.3 is 0 Å². The molecule has 0 amide bonds. The van der Waals surface area contributed by atoms with Crippen LogP contribution in [0.4, 0.5) is 4.39 Å². The van der Waals surface area contributed by atoms with E-state index in [0.717, 1.165) is 0 Å². The lowest BCUT2D eigenvalue weighted by atomic mass is 10.2. The summed E-state index contributed by atoms with van der Waals surface area (Å²) in [6.07, 6.45) is 3.26. The van der Waals surface area contributed by atoms with Crippen molar-refractivity contribution in [3.63, 3.8) is 0 Å². The van der Waals surface area contributed by atoms with E-state index in [-0.39, 0.29) is 5.82 Å². The van der Waals surface area contributed by atoms with Gasteiger partial charge in [-0.05, 0) is 18.2 Å². The first-order valence-electron chi connectivity index (χ1n) is 3.89. The van der Waals surface area contributed by atoms with Gasteiger partial charge in [-0.2, -0.15) is 0 Å². The minimum atomic E-state index is -0.273. The van der Waals surface area contributed by atoms with E-state index in [1.807, 2.05) is 0 Å². The standard InChI is InChI=1S/C10H7FN2/c11-9-4-1-3-8(7-9)10-12-5-2-6-13-10/h1-7H. The predicted molar refractivity (Wildman–Crippen MR) is 47.4 cm³/mol. The van der Waals surface area contributed by atoms with E-state index >= 15 is 0 Å². The lowest BCUT2D eigenvalue weighted by Crippen LogP contribution is -1.86. The third kappa shape index (κ3) is 1.69. The van der Waals surface area contributed by atoms with Gasteiger partial charge in [0.25, 0.3) is 0 Å². The van der Waals surface area contributed by atoms with Gasteiger partial charge in [-0.1, -0.05) is 12.1 Å². The molecule has 0 bridgehead atoms. The summed E-state index contributed by atoms with van der Waals surface area (Å²) >= 11 is 0. The minimum Gasteiger partial charge on any atom is -0.237 e. The average molecular weight is 174 g/mol. The van der Waals surface area contributed by atoms with Crippen LogP contribution in [0.2, 0.25) is 0 Å². The molecule has 1 aromatic heterocycles. The minimum absolute atomic E-state index is 0.273. The molecule has 3 heteroatoms. The third-order valence-electron chi connectivity index (χ3n) is 1.65. The predicted octanol–water partition coefficient (Wildman–Crippen LogP) is 2.28. The molecule has 1 aromatic carbocycles. The first-order valence-corrected chi connectivity index (χ1v) is 3.89. The summed E-state index contributed by atoms with van der Waals surface area (Å²) in [5.74, 6) is 0.270. The van der Waals surface area contributed by atoms with Gasteiger partial charge in [0.1, 0.15) is 5.82 Å². The van der Waals surface area contributed by atoms with Crippen LogP contribution in [0.15, 0.2) is 42.7 Å². The van der Waals surface area contributed by atoms with E-state index in [1.165, 1.54) is 12.1 Å². The molecule has 2 rings (SSSR count). The molecule has 0 N–H and O–H groups in total. The van der Waals surface area contributed by atoms with Gasteiger partial charge in [-0.3, -0.25) is 0 Å². The maximum atomic E-state index is 12.8. The smallest absolute Gasteiger partial charge is 0.159 e. The molecule has 0 aliphatic heterocycles. The van der Waals surface area contributed by atoms with Gasteiger partial charge >= 0.3 is 0 Å². The Hall–Kier alpha value is -1.77. The highest BCUT2D eigenvalue weighted by Crippen LogP contribution is 2.13. The first-order chi connectivity index (χ1) is 6.36. The second-order valence-corrected chi connectivity index (χ2v) is 2.58. The summed E-state index contributed by atoms with van der Waals surface area (Å²) in [5, 5.41) is 0. The van der Waals surface area contributed by atoms with Gasteiger partial charge in [0.15, 0.2) is 5.82 Å². The first kappa shape index (κ1) is 7.86. The van der Waals surface area contributed by atoms with Crippen LogP contribution in [0.25, 0.3) is 11.4 Å². The van der Waals surface area contributed by atoms with Gasteiger partial charge in [-0.25, -0.2) is 14.4 Å². The molecule has 1 heterocycles. The highest BCUT2D eigenvalue weighted by atomic mass is 19.1. The summed E-state index contributed by atoms with van der Waals surface area (Å²) in [4.78, 5) is 8.02. The fourth-order valence-electron chi connectivity index (χ4n) is 1.08. The Morgan fingerprint density at radius 3 is 2.46 bits per heavy atom. The number of benzene rings is 1. The maximum absolute atomic E-state index is 12.8. The molecule has 13 heavy (non-hydrogen) atoms. The van der Waals surface area contributed by atoms with Crippen LogP contribution in [0.1, 0.15) is 0 Å². The van der Waals surface area contributed by atoms with E-state index in [4.69, 9.17) is 0 Å². The maximum Gasteiger partial charge on any atom is 0.159 e. The number of halogens is 1. The molecule has 2 nitrogen and oxygen atoms in total. The average Bonchev–Trinajstić information content (AvgIpc) is 2.19. The molecule has 0 saturated heterocycles. The van der Waals surface area contributed by atoms with Crippen LogP contribution in [0, 0.1) is 5.82 Å². The number of rotatable bonds is 1. The molecule has 0 saturated carbocycles. The largest absolute Gasteiger partial charge is 0.237 e. The van der Waals surface area contributed by atoms with Crippen molar-refractivity contribution in [2.45, 2.75) is 0 Å². The normalized spacial score (nSPS) is 9.92. The summed E-state index contributed by atoms with van der Waals surface area (Å²) in [5.41, 5.74) is 0.695. The fraction of sp³-hybridized carbons (Fsp3) is 0. The number of hydrogen-bond donors (Lipinski definition) is 0. The highest BCUT2D eigenvalue weighted by Gasteiger charge is 1.99. The zero-order valence-electron chi connectivity index (χ0n) is 6.81. The summed E-state index contributed by atoms with van der Waals surface area (Å²) in [7, 11) is 0. The Kier molecular flexibility index (Phi) is 2.00. The van der Waals surface area contributed by atoms with E-state index in [1.54, 1.807) is 30.6 Å². The number of nitrogens with zero attached hydrogens (tertiary/aromatic N) is 2. The Morgan fingerprint density at radius 2 is 1.77 bits per heavy atom. The molecule has 64 valence electrons. The van der Waals surface area contributed by atoms with Gasteiger partial charge in [-0.15, -0.1) is 0 Å². The zero-order chi connectivity index (χ0) is 9.10. The quantitative estimate of drug-likeness (QED) is 0.662. The molecular formula is C10H7FN2. The molecule has 0 atom stereocenters. The zero-order valence-corrected chi connectivity index (χ0v) is 6.81. The summed E-state index contributed by atoms with van der Waals surface area (Å²) in [6, 6.07) is 7.95. The Morgan fingerprint density at radius 1 is 1.00 bits per heavy atom. The van der Waals surface area contributed by atoms with E-state index in [9.17, 15) is 4.39 Å². The topological polar surface area (TPSA) is 25.8 Å². The summed E-state index contributed by atoms with van der Waals surface area (Å²) in [6.45, 7) is 0. The lowest BCUT2D eigenvalue weighted by molar-refractivity contribution is 0.628. The van der Waals surface area contributed by atoms with Crippen molar-refractivity contribution in [2.24, 2.45) is 0 Å². The van der Waals surface area contributed by atoms with Crippen molar-refractivity contribution in [3.05, 3.63) is 48.5 Å². The molecule has 0 unspecified atom stereocenters. The second-order valence-electron chi connectivity index (χ2n) is 2.58. The Balaban J connectivity index is 2.48. The van der Waals surface area contributed by atoms with Crippen LogP contribution in [-0.4, -0.2) is 9.97 Å². The van der Waals surface area contributed by atoms with E-state index < -0.39 is 0 Å². The van der Waals surface area contributed by atoms with Crippen molar-refractivity contribution < 1.29 is 4.39 Å². The van der Waals surface area contributed by atoms with Gasteiger partial charge in [0.05, 0.1) is 0 Å². The third-order valence-corrected chi connectivity index (χ3v) is 1.65. The number of hydrogen-bond acceptors (Lipinski definition) is 2. The van der Waals surface area contributed by atoms with Crippen molar-refractivity contribution in [1.82, 2.24) is 9.97 Å². The monoisotopic (exact) mass is 174 g/mol. The molecule has 0 spiro atoms. The lowest BCUT2D eigenvalue weighted by Gasteiger charge is -1.97. The number of aromatic nitrogens is 2. The molecule has 2 aromatic rings. The molecule has 0 radical (unpaired) electrons. The molecule has 0 fully saturated rings. The van der Waals surface area contributed by atoms with Gasteiger partial charge in [0.2, 0.25) is 0 Å². The molecular weight excluding hydrogens is 167 g/mol. The van der Waals surface area contributed by atoms with Crippen LogP contribution in [0.3, 0.4) is 0 Å². The van der Waals surface area contributed by atoms with Crippen molar-refractivity contribution >= 4 is 0 Å². The van der Waals surface area contributed by atoms with E-state index in [0.29, 0.717) is 11.4 Å². The molecule has 0 aliphatic carbocycles.